The lowest BCUT2D eigenvalue weighted by molar-refractivity contribution is 0.131. The molecule has 1 saturated heterocycles. The van der Waals surface area contributed by atoms with Crippen LogP contribution in [-0.2, 0) is 4.74 Å². The molecule has 1 aliphatic heterocycles. The third-order valence-corrected chi connectivity index (χ3v) is 8.40. The van der Waals surface area contributed by atoms with Crippen molar-refractivity contribution in [2.24, 2.45) is 5.92 Å². The van der Waals surface area contributed by atoms with E-state index in [1.54, 1.807) is 34.8 Å². The fraction of sp³-hybridized carbons (Fsp3) is 0.310. The number of nitrogens with zero attached hydrogens (tertiary/aromatic N) is 2. The van der Waals surface area contributed by atoms with Crippen molar-refractivity contribution in [1.82, 2.24) is 15.3 Å². The van der Waals surface area contributed by atoms with Gasteiger partial charge < -0.3 is 15.2 Å². The first kappa shape index (κ1) is 29.2. The number of hydrogen-bond acceptors (Lipinski definition) is 8. The molecule has 1 aliphatic rings. The van der Waals surface area contributed by atoms with Gasteiger partial charge in [-0.3, -0.25) is 10.6 Å². The Balaban J connectivity index is 0.000000194. The molecule has 0 radical (unpaired) electrons. The molecule has 0 bridgehead atoms. The van der Waals surface area contributed by atoms with Crippen LogP contribution in [0.5, 0.6) is 0 Å². The molecule has 0 spiro atoms. The minimum atomic E-state index is -1.07. The molecule has 11 heteroatoms. The molecule has 0 aliphatic carbocycles. The van der Waals surface area contributed by atoms with E-state index < -0.39 is 12.2 Å². The summed E-state index contributed by atoms with van der Waals surface area (Å²) in [5.74, 6) is 0.457. The van der Waals surface area contributed by atoms with Gasteiger partial charge in [-0.1, -0.05) is 24.3 Å². The van der Waals surface area contributed by atoms with E-state index in [9.17, 15) is 9.59 Å². The predicted molar refractivity (Wildman–Crippen MR) is 162 cm³/mol. The van der Waals surface area contributed by atoms with E-state index in [1.165, 1.54) is 0 Å². The quantitative estimate of drug-likeness (QED) is 0.191. The molecule has 2 aromatic heterocycles. The minimum absolute atomic E-state index is 0.399. The van der Waals surface area contributed by atoms with Crippen molar-refractivity contribution in [3.8, 4) is 21.1 Å². The van der Waals surface area contributed by atoms with Crippen molar-refractivity contribution in [2.75, 3.05) is 30.3 Å². The van der Waals surface area contributed by atoms with E-state index in [1.807, 2.05) is 63.4 Å². The second-order valence-electron chi connectivity index (χ2n) is 9.37. The Labute approximate surface area is 241 Å². The number of aromatic nitrogens is 2. The standard InChI is InChI=1S/C17H21N3O2S.C12H12N2O2S/c1-12-10-19-16(23-12)14-4-2-3-5-15(14)20-17(21)22-11-13-6-8-18-9-7-13;1-7-8(2)17-11(13-7)9-5-3-4-6-10(9)14-12(15)16/h2-5,10,13,18H,6-9,11H2,1H3,(H,20,21);3-6,14H,1-2H3,(H,15,16). The third-order valence-electron chi connectivity index (χ3n) is 6.35. The molecule has 4 N–H and O–H groups in total. The number of para-hydroxylation sites is 2. The highest BCUT2D eigenvalue weighted by Gasteiger charge is 2.17. The number of thiazole rings is 2. The van der Waals surface area contributed by atoms with Crippen LogP contribution < -0.4 is 16.0 Å². The number of amides is 2. The summed E-state index contributed by atoms with van der Waals surface area (Å²) < 4.78 is 5.39. The molecule has 9 nitrogen and oxygen atoms in total. The smallest absolute Gasteiger partial charge is 0.411 e. The molecule has 0 unspecified atom stereocenters. The number of piperidine rings is 1. The number of ether oxygens (including phenoxy) is 1. The molecule has 0 atom stereocenters. The average Bonchev–Trinajstić information content (AvgIpc) is 3.53. The zero-order valence-electron chi connectivity index (χ0n) is 22.7. The van der Waals surface area contributed by atoms with Gasteiger partial charge in [-0.15, -0.1) is 22.7 Å². The van der Waals surface area contributed by atoms with Crippen LogP contribution in [0.15, 0.2) is 54.7 Å². The van der Waals surface area contributed by atoms with Crippen molar-refractivity contribution in [2.45, 2.75) is 33.6 Å². The largest absolute Gasteiger partial charge is 0.465 e. The summed E-state index contributed by atoms with van der Waals surface area (Å²) >= 11 is 3.17. The monoisotopic (exact) mass is 579 g/mol. The van der Waals surface area contributed by atoms with E-state index in [-0.39, 0.29) is 0 Å². The van der Waals surface area contributed by atoms with Gasteiger partial charge in [0.05, 0.1) is 23.7 Å². The molecule has 40 heavy (non-hydrogen) atoms. The van der Waals surface area contributed by atoms with Crippen LogP contribution in [0.4, 0.5) is 21.0 Å². The van der Waals surface area contributed by atoms with Crippen molar-refractivity contribution >= 4 is 46.2 Å². The maximum atomic E-state index is 12.1. The van der Waals surface area contributed by atoms with Gasteiger partial charge in [-0.05, 0) is 76.9 Å². The Hall–Kier alpha value is -3.80. The molecule has 2 amide bonds. The van der Waals surface area contributed by atoms with Crippen molar-refractivity contribution in [3.63, 3.8) is 0 Å². The van der Waals surface area contributed by atoms with Gasteiger partial charge in [0.25, 0.3) is 0 Å². The second-order valence-corrected chi connectivity index (χ2v) is 11.8. The predicted octanol–water partition coefficient (Wildman–Crippen LogP) is 7.18. The van der Waals surface area contributed by atoms with Gasteiger partial charge in [0.2, 0.25) is 0 Å². The average molecular weight is 580 g/mol. The summed E-state index contributed by atoms with van der Waals surface area (Å²) in [4.78, 5) is 33.9. The summed E-state index contributed by atoms with van der Waals surface area (Å²) in [5.41, 5.74) is 4.02. The Bertz CT molecular complexity index is 1430. The van der Waals surface area contributed by atoms with Crippen LogP contribution in [0.3, 0.4) is 0 Å². The molecule has 4 aromatic rings. The SMILES string of the molecule is Cc1cnc(-c2ccccc2NC(=O)OCC2CCNCC2)s1.Cc1nc(-c2ccccc2NC(=O)O)sc1C. The van der Waals surface area contributed by atoms with Crippen LogP contribution in [0.1, 0.15) is 28.3 Å². The highest BCUT2D eigenvalue weighted by Crippen LogP contribution is 2.33. The summed E-state index contributed by atoms with van der Waals surface area (Å²) in [6, 6.07) is 14.9. The molecular formula is C29H33N5O4S2. The molecular weight excluding hydrogens is 546 g/mol. The van der Waals surface area contributed by atoms with Crippen LogP contribution in [0.2, 0.25) is 0 Å². The summed E-state index contributed by atoms with van der Waals surface area (Å²) in [7, 11) is 0. The number of aryl methyl sites for hydroxylation is 3. The Morgan fingerprint density at radius 3 is 2.15 bits per heavy atom. The molecule has 210 valence electrons. The van der Waals surface area contributed by atoms with E-state index in [0.717, 1.165) is 68.2 Å². The van der Waals surface area contributed by atoms with Gasteiger partial charge in [-0.2, -0.15) is 0 Å². The van der Waals surface area contributed by atoms with Crippen LogP contribution >= 0.6 is 22.7 Å². The molecule has 1 fully saturated rings. The maximum absolute atomic E-state index is 12.1. The Kier molecular flexibility index (Phi) is 10.2. The van der Waals surface area contributed by atoms with E-state index in [0.29, 0.717) is 18.2 Å². The molecule has 0 saturated carbocycles. The zero-order valence-corrected chi connectivity index (χ0v) is 24.3. The van der Waals surface area contributed by atoms with Gasteiger partial charge in [-0.25, -0.2) is 19.6 Å². The van der Waals surface area contributed by atoms with Crippen molar-refractivity contribution in [3.05, 3.63) is 70.2 Å². The van der Waals surface area contributed by atoms with Crippen LogP contribution in [0, 0.1) is 26.7 Å². The number of anilines is 2. The maximum Gasteiger partial charge on any atom is 0.411 e. The topological polar surface area (TPSA) is 125 Å². The lowest BCUT2D eigenvalue weighted by Crippen LogP contribution is -2.31. The molecule has 3 heterocycles. The highest BCUT2D eigenvalue weighted by molar-refractivity contribution is 7.15. The van der Waals surface area contributed by atoms with Crippen molar-refractivity contribution in [1.29, 1.82) is 0 Å². The normalized spacial score (nSPS) is 13.2. The fourth-order valence-corrected chi connectivity index (χ4v) is 5.89. The van der Waals surface area contributed by atoms with Gasteiger partial charge in [0.15, 0.2) is 0 Å². The number of benzene rings is 2. The van der Waals surface area contributed by atoms with E-state index in [2.05, 4.69) is 25.9 Å². The Morgan fingerprint density at radius 2 is 1.57 bits per heavy atom. The minimum Gasteiger partial charge on any atom is -0.465 e. The second kappa shape index (κ2) is 14.0. The number of hydrogen-bond donors (Lipinski definition) is 4. The van der Waals surface area contributed by atoms with Crippen molar-refractivity contribution < 1.29 is 19.4 Å². The lowest BCUT2D eigenvalue weighted by atomic mass is 9.99. The van der Waals surface area contributed by atoms with Crippen LogP contribution in [-0.4, -0.2) is 47.0 Å². The highest BCUT2D eigenvalue weighted by atomic mass is 32.1. The Morgan fingerprint density at radius 1 is 0.950 bits per heavy atom. The fourth-order valence-electron chi connectivity index (χ4n) is 4.13. The van der Waals surface area contributed by atoms with Crippen LogP contribution in [0.25, 0.3) is 21.1 Å². The number of carbonyl (C=O) groups is 2. The first-order chi connectivity index (χ1) is 19.3. The van der Waals surface area contributed by atoms with E-state index >= 15 is 0 Å². The summed E-state index contributed by atoms with van der Waals surface area (Å²) in [6.07, 6.45) is 2.49. The van der Waals surface area contributed by atoms with Gasteiger partial charge >= 0.3 is 12.2 Å². The first-order valence-corrected chi connectivity index (χ1v) is 14.6. The summed E-state index contributed by atoms with van der Waals surface area (Å²) in [5, 5.41) is 19.0. The third kappa shape index (κ3) is 8.10. The number of carboxylic acid groups (broad SMARTS) is 1. The number of nitrogens with one attached hydrogen (secondary N) is 3. The van der Waals surface area contributed by atoms with E-state index in [4.69, 9.17) is 9.84 Å². The first-order valence-electron chi connectivity index (χ1n) is 13.0. The lowest BCUT2D eigenvalue weighted by Gasteiger charge is -2.22. The molecule has 5 rings (SSSR count). The number of rotatable bonds is 6. The van der Waals surface area contributed by atoms with Gasteiger partial charge in [0.1, 0.15) is 10.0 Å². The number of carbonyl (C=O) groups excluding carboxylic acids is 1. The zero-order chi connectivity index (χ0) is 28.5. The van der Waals surface area contributed by atoms with Gasteiger partial charge in [0, 0.05) is 27.1 Å². The molecule has 2 aromatic carbocycles. The summed E-state index contributed by atoms with van der Waals surface area (Å²) in [6.45, 7) is 8.45.